The van der Waals surface area contributed by atoms with Crippen molar-refractivity contribution >= 4 is 35.0 Å². The predicted molar refractivity (Wildman–Crippen MR) is 102 cm³/mol. The van der Waals surface area contributed by atoms with Crippen molar-refractivity contribution in [2.24, 2.45) is 5.92 Å². The highest BCUT2D eigenvalue weighted by Crippen LogP contribution is 2.36. The average molecular weight is 414 g/mol. The monoisotopic (exact) mass is 413 g/mol. The van der Waals surface area contributed by atoms with Crippen molar-refractivity contribution in [3.05, 3.63) is 41.2 Å². The van der Waals surface area contributed by atoms with E-state index in [9.17, 15) is 18.0 Å². The Labute approximate surface area is 165 Å². The van der Waals surface area contributed by atoms with E-state index in [1.165, 1.54) is 18.5 Å². The van der Waals surface area contributed by atoms with Gasteiger partial charge in [-0.05, 0) is 37.0 Å². The Morgan fingerprint density at radius 3 is 2.36 bits per heavy atom. The lowest BCUT2D eigenvalue weighted by atomic mass is 10.00. The highest BCUT2D eigenvalue weighted by Gasteiger charge is 2.33. The van der Waals surface area contributed by atoms with Crippen molar-refractivity contribution in [1.29, 1.82) is 0 Å². The fourth-order valence-corrected chi connectivity index (χ4v) is 3.10. The van der Waals surface area contributed by atoms with E-state index in [-0.39, 0.29) is 5.69 Å². The molecule has 0 aliphatic carbocycles. The second kappa shape index (κ2) is 8.22. The molecule has 0 radical (unpaired) electrons. The lowest BCUT2D eigenvalue weighted by molar-refractivity contribution is -0.137. The number of carbonyl (C=O) groups excluding carboxylic acids is 1. The van der Waals surface area contributed by atoms with Crippen LogP contribution < -0.4 is 15.5 Å². The first-order chi connectivity index (χ1) is 13.2. The molecule has 2 N–H and O–H groups in total. The van der Waals surface area contributed by atoms with E-state index in [0.717, 1.165) is 38.1 Å². The van der Waals surface area contributed by atoms with E-state index in [0.29, 0.717) is 17.6 Å². The fraction of sp³-hybridized carbons (Fsp3) is 0.389. The van der Waals surface area contributed by atoms with Crippen LogP contribution in [-0.4, -0.2) is 29.1 Å². The Kier molecular flexibility index (Phi) is 5.93. The molecule has 0 saturated carbocycles. The predicted octanol–water partition coefficient (Wildman–Crippen LogP) is 5.03. The number of nitrogens with one attached hydrogen (secondary N) is 2. The van der Waals surface area contributed by atoms with Crippen LogP contribution in [0.3, 0.4) is 0 Å². The van der Waals surface area contributed by atoms with Gasteiger partial charge in [0.2, 0.25) is 5.95 Å². The number of hydrogen-bond acceptors (Lipinski definition) is 4. The molecule has 1 fully saturated rings. The first-order valence-electron chi connectivity index (χ1n) is 8.74. The van der Waals surface area contributed by atoms with Crippen LogP contribution in [0.1, 0.15) is 25.3 Å². The minimum atomic E-state index is -4.61. The molecule has 0 unspecified atom stereocenters. The van der Waals surface area contributed by atoms with Crippen molar-refractivity contribution < 1.29 is 18.0 Å². The van der Waals surface area contributed by atoms with Gasteiger partial charge in [-0.25, -0.2) is 14.8 Å². The van der Waals surface area contributed by atoms with Gasteiger partial charge in [-0.15, -0.1) is 0 Å². The lowest BCUT2D eigenvalue weighted by Gasteiger charge is -2.30. The number of nitrogens with zero attached hydrogens (tertiary/aromatic N) is 3. The lowest BCUT2D eigenvalue weighted by Crippen LogP contribution is -2.34. The number of alkyl halides is 3. The zero-order valence-corrected chi connectivity index (χ0v) is 15.8. The number of piperidine rings is 1. The van der Waals surface area contributed by atoms with Crippen LogP contribution in [-0.2, 0) is 6.18 Å². The standard InChI is InChI=1S/C18H19ClF3N5O/c1-11-4-6-27(7-5-11)16-23-9-13(10-24-16)26-17(28)25-12-2-3-15(19)14(8-12)18(20,21)22/h2-3,8-11H,4-7H2,1H3,(H2,25,26,28). The number of hydrogen-bond donors (Lipinski definition) is 2. The SMILES string of the molecule is CC1CCN(c2ncc(NC(=O)Nc3ccc(Cl)c(C(F)(F)F)c3)cn2)CC1. The number of amides is 2. The van der Waals surface area contributed by atoms with Crippen molar-refractivity contribution in [3.63, 3.8) is 0 Å². The summed E-state index contributed by atoms with van der Waals surface area (Å²) in [5.41, 5.74) is -0.721. The molecule has 1 aromatic heterocycles. The topological polar surface area (TPSA) is 70.2 Å². The molecule has 2 aromatic rings. The van der Waals surface area contributed by atoms with E-state index >= 15 is 0 Å². The van der Waals surface area contributed by atoms with Crippen LogP contribution in [0, 0.1) is 5.92 Å². The Morgan fingerprint density at radius 1 is 1.14 bits per heavy atom. The number of benzene rings is 1. The van der Waals surface area contributed by atoms with Gasteiger partial charge in [-0.1, -0.05) is 18.5 Å². The van der Waals surface area contributed by atoms with E-state index < -0.39 is 22.8 Å². The summed E-state index contributed by atoms with van der Waals surface area (Å²) in [6.45, 7) is 3.97. The molecule has 1 aliphatic rings. The zero-order chi connectivity index (χ0) is 20.3. The van der Waals surface area contributed by atoms with Crippen molar-refractivity contribution in [2.45, 2.75) is 25.9 Å². The van der Waals surface area contributed by atoms with E-state index in [2.05, 4.69) is 32.4 Å². The quantitative estimate of drug-likeness (QED) is 0.740. The maximum absolute atomic E-state index is 12.9. The first kappa shape index (κ1) is 20.2. The zero-order valence-electron chi connectivity index (χ0n) is 15.1. The van der Waals surface area contributed by atoms with E-state index in [1.807, 2.05) is 0 Å². The average Bonchev–Trinajstić information content (AvgIpc) is 2.64. The van der Waals surface area contributed by atoms with Crippen LogP contribution in [0.4, 0.5) is 35.3 Å². The molecule has 1 aromatic carbocycles. The Bertz CT molecular complexity index is 836. The minimum Gasteiger partial charge on any atom is -0.341 e. The van der Waals surface area contributed by atoms with Crippen LogP contribution in [0.2, 0.25) is 5.02 Å². The number of urea groups is 1. The van der Waals surface area contributed by atoms with Crippen LogP contribution in [0.5, 0.6) is 0 Å². The number of rotatable bonds is 3. The molecule has 0 atom stereocenters. The number of halogens is 4. The molecule has 2 amide bonds. The molecule has 150 valence electrons. The second-order valence-corrected chi connectivity index (χ2v) is 7.12. The summed E-state index contributed by atoms with van der Waals surface area (Å²) in [4.78, 5) is 22.6. The molecular formula is C18H19ClF3N5O. The number of carbonyl (C=O) groups is 1. The third-order valence-corrected chi connectivity index (χ3v) is 4.82. The molecule has 0 spiro atoms. The highest BCUT2D eigenvalue weighted by molar-refractivity contribution is 6.31. The van der Waals surface area contributed by atoms with Crippen molar-refractivity contribution in [2.75, 3.05) is 28.6 Å². The van der Waals surface area contributed by atoms with Gasteiger partial charge in [-0.2, -0.15) is 13.2 Å². The molecule has 3 rings (SSSR count). The highest BCUT2D eigenvalue weighted by atomic mass is 35.5. The molecule has 1 saturated heterocycles. The Hall–Kier alpha value is -2.55. The van der Waals surface area contributed by atoms with Gasteiger partial charge >= 0.3 is 12.2 Å². The van der Waals surface area contributed by atoms with Gasteiger partial charge in [0, 0.05) is 18.8 Å². The van der Waals surface area contributed by atoms with Crippen LogP contribution in [0.25, 0.3) is 0 Å². The van der Waals surface area contributed by atoms with Gasteiger partial charge in [0.1, 0.15) is 0 Å². The summed E-state index contributed by atoms with van der Waals surface area (Å²) in [6, 6.07) is 2.43. The summed E-state index contributed by atoms with van der Waals surface area (Å²) < 4.78 is 38.7. The molecule has 1 aliphatic heterocycles. The Balaban J connectivity index is 1.61. The van der Waals surface area contributed by atoms with E-state index in [4.69, 9.17) is 11.6 Å². The maximum atomic E-state index is 12.9. The first-order valence-corrected chi connectivity index (χ1v) is 9.12. The maximum Gasteiger partial charge on any atom is 0.417 e. The summed E-state index contributed by atoms with van der Waals surface area (Å²) in [5.74, 6) is 1.27. The molecule has 10 heteroatoms. The van der Waals surface area contributed by atoms with Crippen molar-refractivity contribution in [3.8, 4) is 0 Å². The van der Waals surface area contributed by atoms with Gasteiger partial charge in [0.15, 0.2) is 0 Å². The smallest absolute Gasteiger partial charge is 0.341 e. The number of anilines is 3. The molecule has 6 nitrogen and oxygen atoms in total. The third-order valence-electron chi connectivity index (χ3n) is 4.49. The van der Waals surface area contributed by atoms with E-state index in [1.54, 1.807) is 0 Å². The molecular weight excluding hydrogens is 395 g/mol. The summed E-state index contributed by atoms with van der Waals surface area (Å²) in [5, 5.41) is 4.40. The summed E-state index contributed by atoms with van der Waals surface area (Å²) >= 11 is 5.57. The Morgan fingerprint density at radius 2 is 1.75 bits per heavy atom. The second-order valence-electron chi connectivity index (χ2n) is 6.71. The molecule has 28 heavy (non-hydrogen) atoms. The van der Waals surface area contributed by atoms with Gasteiger partial charge < -0.3 is 15.5 Å². The van der Waals surface area contributed by atoms with Gasteiger partial charge in [0.25, 0.3) is 0 Å². The third kappa shape index (κ3) is 5.03. The summed E-state index contributed by atoms with van der Waals surface area (Å²) in [6.07, 6.45) is 0.465. The summed E-state index contributed by atoms with van der Waals surface area (Å²) in [7, 11) is 0. The minimum absolute atomic E-state index is 0.0331. The number of aromatic nitrogens is 2. The fourth-order valence-electron chi connectivity index (χ4n) is 2.87. The van der Waals surface area contributed by atoms with Gasteiger partial charge in [0.05, 0.1) is 28.7 Å². The van der Waals surface area contributed by atoms with Crippen LogP contribution >= 0.6 is 11.6 Å². The van der Waals surface area contributed by atoms with Crippen LogP contribution in [0.15, 0.2) is 30.6 Å². The largest absolute Gasteiger partial charge is 0.417 e. The van der Waals surface area contributed by atoms with Crippen molar-refractivity contribution in [1.82, 2.24) is 9.97 Å². The van der Waals surface area contributed by atoms with Gasteiger partial charge in [-0.3, -0.25) is 0 Å². The molecule has 2 heterocycles. The molecule has 0 bridgehead atoms. The normalized spacial score (nSPS) is 15.4.